The van der Waals surface area contributed by atoms with Crippen LogP contribution in [-0.2, 0) is 19.0 Å². The molecule has 1 aliphatic rings. The number of benzene rings is 1. The summed E-state index contributed by atoms with van der Waals surface area (Å²) in [5.41, 5.74) is -0.724. The number of oxime groups is 1. The predicted octanol–water partition coefficient (Wildman–Crippen LogP) is 2.30. The Bertz CT molecular complexity index is 1190. The third-order valence-corrected chi connectivity index (χ3v) is 6.05. The number of ether oxygens (including phenoxy) is 5. The molecule has 2 N–H and O–H groups in total. The highest BCUT2D eigenvalue weighted by atomic mass is 16.7. The summed E-state index contributed by atoms with van der Waals surface area (Å²) in [6, 6.07) is 3.29. The topological polar surface area (TPSA) is 138 Å². The standard InChI is InChI=1S/C26H35NO10/c1-8-12-34-22-15-10-11-17(35-25-20(29)19(28)23(31-6)26(4,5)37-25)14(3)21(15)36-24(30)18(22)16(27-32-7)13-33-9-2/h8,10-11,19-20,23,25,28-29H,1,9,12-13H2,2-7H3/t19-,20+,23+,25+/m0/s1. The summed E-state index contributed by atoms with van der Waals surface area (Å²) in [6.07, 6.45) is -3.06. The molecule has 11 heteroatoms. The van der Waals surface area contributed by atoms with Crippen LogP contribution in [-0.4, -0.2) is 80.2 Å². The Morgan fingerprint density at radius 3 is 2.59 bits per heavy atom. The van der Waals surface area contributed by atoms with Crippen molar-refractivity contribution in [3.05, 3.63) is 46.3 Å². The van der Waals surface area contributed by atoms with Gasteiger partial charge < -0.3 is 43.2 Å². The van der Waals surface area contributed by atoms with Gasteiger partial charge in [0.1, 0.15) is 60.4 Å². The van der Waals surface area contributed by atoms with Gasteiger partial charge in [-0.2, -0.15) is 0 Å². The van der Waals surface area contributed by atoms with Crippen molar-refractivity contribution in [3.8, 4) is 11.5 Å². The van der Waals surface area contributed by atoms with Crippen molar-refractivity contribution >= 4 is 16.7 Å². The summed E-state index contributed by atoms with van der Waals surface area (Å²) >= 11 is 0. The highest BCUT2D eigenvalue weighted by molar-refractivity contribution is 6.07. The van der Waals surface area contributed by atoms with E-state index in [0.717, 1.165) is 0 Å². The van der Waals surface area contributed by atoms with Gasteiger partial charge in [0.15, 0.2) is 0 Å². The van der Waals surface area contributed by atoms with Crippen LogP contribution in [0.2, 0.25) is 0 Å². The fourth-order valence-electron chi connectivity index (χ4n) is 4.31. The van der Waals surface area contributed by atoms with E-state index in [2.05, 4.69) is 11.7 Å². The second-order valence-electron chi connectivity index (χ2n) is 8.96. The maximum Gasteiger partial charge on any atom is 0.349 e. The largest absolute Gasteiger partial charge is 0.488 e. The Balaban J connectivity index is 2.09. The molecule has 3 rings (SSSR count). The van der Waals surface area contributed by atoms with Crippen molar-refractivity contribution < 1.29 is 43.2 Å². The molecule has 1 fully saturated rings. The molecule has 0 bridgehead atoms. The molecule has 0 spiro atoms. The van der Waals surface area contributed by atoms with Crippen LogP contribution in [0, 0.1) is 6.92 Å². The lowest BCUT2D eigenvalue weighted by Crippen LogP contribution is -2.63. The monoisotopic (exact) mass is 521 g/mol. The molecule has 1 aliphatic heterocycles. The summed E-state index contributed by atoms with van der Waals surface area (Å²) in [5.74, 6) is 0.505. The molecule has 0 radical (unpaired) electrons. The third kappa shape index (κ3) is 5.81. The zero-order chi connectivity index (χ0) is 27.3. The number of nitrogens with zero attached hydrogens (tertiary/aromatic N) is 1. The molecular weight excluding hydrogens is 486 g/mol. The minimum absolute atomic E-state index is 0.00270. The van der Waals surface area contributed by atoms with E-state index in [1.807, 2.05) is 6.92 Å². The maximum atomic E-state index is 13.2. The van der Waals surface area contributed by atoms with E-state index >= 15 is 0 Å². The first-order valence-corrected chi connectivity index (χ1v) is 11.9. The van der Waals surface area contributed by atoms with Crippen molar-refractivity contribution in [1.82, 2.24) is 0 Å². The predicted molar refractivity (Wildman–Crippen MR) is 135 cm³/mol. The molecule has 11 nitrogen and oxygen atoms in total. The van der Waals surface area contributed by atoms with Gasteiger partial charge in [-0.3, -0.25) is 0 Å². The minimum atomic E-state index is -1.39. The van der Waals surface area contributed by atoms with Gasteiger partial charge in [0.2, 0.25) is 6.29 Å². The Hall–Kier alpha value is -2.96. The van der Waals surface area contributed by atoms with Crippen LogP contribution in [0.4, 0.5) is 0 Å². The second kappa shape index (κ2) is 12.1. The lowest BCUT2D eigenvalue weighted by atomic mass is 9.89. The van der Waals surface area contributed by atoms with Crippen molar-refractivity contribution in [2.45, 2.75) is 57.9 Å². The van der Waals surface area contributed by atoms with E-state index < -0.39 is 35.8 Å². The summed E-state index contributed by atoms with van der Waals surface area (Å²) in [7, 11) is 2.79. The van der Waals surface area contributed by atoms with Crippen LogP contribution in [0.15, 0.2) is 39.2 Å². The van der Waals surface area contributed by atoms with E-state index in [-0.39, 0.29) is 41.6 Å². The smallest absolute Gasteiger partial charge is 0.349 e. The van der Waals surface area contributed by atoms with Crippen molar-refractivity contribution in [2.75, 3.05) is 34.0 Å². The van der Waals surface area contributed by atoms with Gasteiger partial charge in [-0.1, -0.05) is 17.8 Å². The van der Waals surface area contributed by atoms with E-state index in [4.69, 9.17) is 32.9 Å². The molecule has 0 saturated carbocycles. The molecule has 4 atom stereocenters. The highest BCUT2D eigenvalue weighted by Gasteiger charge is 2.50. The number of hydrogen-bond donors (Lipinski definition) is 2. The fourth-order valence-corrected chi connectivity index (χ4v) is 4.31. The molecule has 1 aromatic heterocycles. The molecule has 0 aliphatic carbocycles. The zero-order valence-corrected chi connectivity index (χ0v) is 22.0. The van der Waals surface area contributed by atoms with Crippen LogP contribution >= 0.6 is 0 Å². The van der Waals surface area contributed by atoms with Crippen LogP contribution in [0.3, 0.4) is 0 Å². The van der Waals surface area contributed by atoms with E-state index in [1.54, 1.807) is 39.0 Å². The lowest BCUT2D eigenvalue weighted by molar-refractivity contribution is -0.306. The van der Waals surface area contributed by atoms with Gasteiger partial charge >= 0.3 is 5.63 Å². The van der Waals surface area contributed by atoms with E-state index in [9.17, 15) is 15.0 Å². The Kier molecular flexibility index (Phi) is 9.32. The number of aliphatic hydroxyl groups is 2. The first-order valence-electron chi connectivity index (χ1n) is 11.9. The first-order chi connectivity index (χ1) is 17.6. The summed E-state index contributed by atoms with van der Waals surface area (Å²) in [4.78, 5) is 18.1. The minimum Gasteiger partial charge on any atom is -0.488 e. The molecule has 204 valence electrons. The third-order valence-electron chi connectivity index (χ3n) is 6.05. The second-order valence-corrected chi connectivity index (χ2v) is 8.96. The number of aliphatic hydroxyl groups excluding tert-OH is 2. The zero-order valence-electron chi connectivity index (χ0n) is 22.0. The SMILES string of the molecule is C=CCOc1c(C(COCC)=NOC)c(=O)oc2c(C)c(O[C@@H]3OC(C)(C)[C@H](OC)[C@@H](O)[C@H]3O)ccc12. The van der Waals surface area contributed by atoms with Crippen molar-refractivity contribution in [3.63, 3.8) is 0 Å². The Labute approximate surface area is 215 Å². The number of hydrogen-bond acceptors (Lipinski definition) is 11. The first kappa shape index (κ1) is 28.6. The number of rotatable bonds is 11. The average Bonchev–Trinajstić information content (AvgIpc) is 2.85. The maximum absolute atomic E-state index is 13.2. The van der Waals surface area contributed by atoms with Gasteiger partial charge in [0.25, 0.3) is 0 Å². The normalized spacial score (nSPS) is 23.6. The van der Waals surface area contributed by atoms with E-state index in [1.165, 1.54) is 14.2 Å². The molecule has 2 heterocycles. The molecule has 1 aromatic carbocycles. The van der Waals surface area contributed by atoms with Crippen LogP contribution in [0.5, 0.6) is 11.5 Å². The van der Waals surface area contributed by atoms with Gasteiger partial charge in [-0.25, -0.2) is 4.79 Å². The average molecular weight is 522 g/mol. The summed E-state index contributed by atoms with van der Waals surface area (Å²) < 4.78 is 34.2. The number of fused-ring (bicyclic) bond motifs is 1. The molecule has 1 saturated heterocycles. The van der Waals surface area contributed by atoms with Crippen LogP contribution in [0.25, 0.3) is 11.0 Å². The van der Waals surface area contributed by atoms with Crippen molar-refractivity contribution in [2.24, 2.45) is 5.16 Å². The van der Waals surface area contributed by atoms with Crippen LogP contribution in [0.1, 0.15) is 31.9 Å². The van der Waals surface area contributed by atoms with Crippen molar-refractivity contribution in [1.29, 1.82) is 0 Å². The molecule has 0 amide bonds. The number of methoxy groups -OCH3 is 1. The quantitative estimate of drug-likeness (QED) is 0.196. The highest BCUT2D eigenvalue weighted by Crippen LogP contribution is 2.37. The van der Waals surface area contributed by atoms with Gasteiger partial charge in [0, 0.05) is 19.3 Å². The molecule has 0 unspecified atom stereocenters. The van der Waals surface area contributed by atoms with Gasteiger partial charge in [0.05, 0.1) is 17.6 Å². The molecular formula is C26H35NO10. The summed E-state index contributed by atoms with van der Waals surface area (Å²) in [5, 5.41) is 25.6. The van der Waals surface area contributed by atoms with Crippen LogP contribution < -0.4 is 15.1 Å². The molecule has 37 heavy (non-hydrogen) atoms. The van der Waals surface area contributed by atoms with Gasteiger partial charge in [-0.05, 0) is 39.8 Å². The Morgan fingerprint density at radius 2 is 1.97 bits per heavy atom. The number of aryl methyl sites for hydroxylation is 1. The fraction of sp³-hybridized carbons (Fsp3) is 0.538. The summed E-state index contributed by atoms with van der Waals surface area (Å²) in [6.45, 7) is 11.2. The Morgan fingerprint density at radius 1 is 1.24 bits per heavy atom. The van der Waals surface area contributed by atoms with E-state index in [0.29, 0.717) is 17.6 Å². The lowest BCUT2D eigenvalue weighted by Gasteiger charge is -2.46. The van der Waals surface area contributed by atoms with Gasteiger partial charge in [-0.15, -0.1) is 0 Å². The molecule has 2 aromatic rings.